The van der Waals surface area contributed by atoms with Crippen molar-refractivity contribution in [3.63, 3.8) is 0 Å². The first-order valence-electron chi connectivity index (χ1n) is 33.8. The van der Waals surface area contributed by atoms with Gasteiger partial charge in [0.2, 0.25) is 5.91 Å². The predicted molar refractivity (Wildman–Crippen MR) is 335 cm³/mol. The van der Waals surface area contributed by atoms with Crippen molar-refractivity contribution in [3.05, 3.63) is 36.5 Å². The molecule has 0 aliphatic heterocycles. The fraction of sp³-hybridized carbons (Fsp3) is 0.882. The van der Waals surface area contributed by atoms with Gasteiger partial charge in [0.1, 0.15) is 19.3 Å². The molecule has 10 heteroatoms. The van der Waals surface area contributed by atoms with Gasteiger partial charge in [0.15, 0.2) is 0 Å². The van der Waals surface area contributed by atoms with Crippen LogP contribution in [-0.2, 0) is 27.9 Å². The molecule has 0 fully saturated rings. The van der Waals surface area contributed by atoms with Gasteiger partial charge in [0, 0.05) is 12.8 Å². The zero-order valence-electron chi connectivity index (χ0n) is 52.6. The van der Waals surface area contributed by atoms with Crippen LogP contribution in [0.2, 0.25) is 0 Å². The summed E-state index contributed by atoms with van der Waals surface area (Å²) in [4.78, 5) is 40.0. The average molecular weight is 1120 g/mol. The molecule has 1 N–H and O–H groups in total. The molecular weight excluding hydrogens is 988 g/mol. The van der Waals surface area contributed by atoms with E-state index < -0.39 is 20.0 Å². The van der Waals surface area contributed by atoms with Crippen molar-refractivity contribution in [1.29, 1.82) is 0 Å². The summed E-state index contributed by atoms with van der Waals surface area (Å²) in [5.41, 5.74) is 0. The minimum atomic E-state index is -4.70. The summed E-state index contributed by atoms with van der Waals surface area (Å²) in [5.74, 6) is -0.539. The highest BCUT2D eigenvalue weighted by molar-refractivity contribution is 7.45. The molecule has 78 heavy (non-hydrogen) atoms. The maximum absolute atomic E-state index is 13.5. The topological polar surface area (TPSA) is 114 Å². The summed E-state index contributed by atoms with van der Waals surface area (Å²) < 4.78 is 30.4. The number of carbonyl (C=O) groups is 2. The number of quaternary nitrogens is 1. The second-order valence-corrected chi connectivity index (χ2v) is 25.8. The van der Waals surface area contributed by atoms with Crippen molar-refractivity contribution in [2.75, 3.05) is 40.9 Å². The quantitative estimate of drug-likeness (QED) is 0.0161. The molecule has 0 saturated heterocycles. The number of rotatable bonds is 62. The number of ether oxygens (including phenoxy) is 1. The molecule has 0 heterocycles. The highest BCUT2D eigenvalue weighted by atomic mass is 31.2. The third-order valence-corrected chi connectivity index (χ3v) is 16.3. The molecule has 3 atom stereocenters. The third-order valence-electron chi connectivity index (χ3n) is 15.4. The lowest BCUT2D eigenvalue weighted by Crippen LogP contribution is -2.47. The van der Waals surface area contributed by atoms with Crippen LogP contribution in [-0.4, -0.2) is 69.4 Å². The second kappa shape index (κ2) is 58.4. The van der Waals surface area contributed by atoms with Crippen LogP contribution in [0.25, 0.3) is 0 Å². The summed E-state index contributed by atoms with van der Waals surface area (Å²) >= 11 is 0. The highest BCUT2D eigenvalue weighted by Gasteiger charge is 2.27. The maximum Gasteiger partial charge on any atom is 0.306 e. The van der Waals surface area contributed by atoms with Crippen LogP contribution in [0.4, 0.5) is 0 Å². The summed E-state index contributed by atoms with van der Waals surface area (Å²) in [5, 5.41) is 3.03. The van der Waals surface area contributed by atoms with Crippen LogP contribution in [0.1, 0.15) is 335 Å². The monoisotopic (exact) mass is 1120 g/mol. The van der Waals surface area contributed by atoms with Crippen LogP contribution in [0.15, 0.2) is 36.5 Å². The Hall–Kier alpha value is -1.77. The Morgan fingerprint density at radius 3 is 1.15 bits per heavy atom. The van der Waals surface area contributed by atoms with E-state index in [1.807, 2.05) is 33.3 Å². The lowest BCUT2D eigenvalue weighted by Gasteiger charge is -2.30. The van der Waals surface area contributed by atoms with Gasteiger partial charge in [-0.25, -0.2) is 0 Å². The fourth-order valence-electron chi connectivity index (χ4n) is 10.1. The van der Waals surface area contributed by atoms with Gasteiger partial charge >= 0.3 is 5.97 Å². The van der Waals surface area contributed by atoms with Crippen LogP contribution >= 0.6 is 7.82 Å². The van der Waals surface area contributed by atoms with Crippen molar-refractivity contribution in [1.82, 2.24) is 5.32 Å². The van der Waals surface area contributed by atoms with E-state index in [2.05, 4.69) is 50.4 Å². The third kappa shape index (κ3) is 58.9. The first-order valence-corrected chi connectivity index (χ1v) is 35.3. The van der Waals surface area contributed by atoms with Gasteiger partial charge in [-0.3, -0.25) is 14.2 Å². The molecule has 0 rings (SSSR count). The number of nitrogens with one attached hydrogen (secondary N) is 1. The van der Waals surface area contributed by atoms with E-state index in [0.717, 1.165) is 83.5 Å². The van der Waals surface area contributed by atoms with Gasteiger partial charge in [-0.1, -0.05) is 302 Å². The minimum absolute atomic E-state index is 0.0225. The average Bonchev–Trinajstić information content (AvgIpc) is 3.40. The van der Waals surface area contributed by atoms with Gasteiger partial charge < -0.3 is 28.5 Å². The Balaban J connectivity index is 5.04. The molecule has 0 aliphatic carbocycles. The molecule has 0 spiro atoms. The van der Waals surface area contributed by atoms with Crippen molar-refractivity contribution < 1.29 is 37.3 Å². The number of phosphoric acid groups is 1. The molecule has 460 valence electrons. The molecule has 0 saturated carbocycles. The lowest BCUT2D eigenvalue weighted by molar-refractivity contribution is -0.870. The number of hydrogen-bond donors (Lipinski definition) is 1. The minimum Gasteiger partial charge on any atom is -0.756 e. The predicted octanol–water partition coefficient (Wildman–Crippen LogP) is 20.4. The molecule has 0 radical (unpaired) electrons. The molecule has 0 aromatic carbocycles. The number of amides is 1. The zero-order chi connectivity index (χ0) is 57.2. The molecule has 0 aromatic rings. The van der Waals surface area contributed by atoms with Crippen LogP contribution in [0.3, 0.4) is 0 Å². The largest absolute Gasteiger partial charge is 0.756 e. The smallest absolute Gasteiger partial charge is 0.306 e. The summed E-state index contributed by atoms with van der Waals surface area (Å²) in [6, 6.07) is -0.891. The van der Waals surface area contributed by atoms with Crippen LogP contribution in [0.5, 0.6) is 0 Å². The summed E-state index contributed by atoms with van der Waals surface area (Å²) in [6.45, 7) is 6.85. The Morgan fingerprint density at radius 2 is 0.769 bits per heavy atom. The Morgan fingerprint density at radius 1 is 0.449 bits per heavy atom. The van der Waals surface area contributed by atoms with Crippen LogP contribution in [0, 0.1) is 0 Å². The molecule has 0 aliphatic rings. The standard InChI is InChI=1S/C68H131N2O7P/c1-7-10-13-16-19-22-25-28-30-31-32-33-34-35-36-37-38-39-41-43-46-49-52-55-58-61-68(72)77-66(59-56-53-50-47-44-27-24-21-18-15-12-9-3)65(64-76-78(73,74)75-63-62-70(4,5)6)69-67(71)60-57-54-51-48-45-42-40-29-26-23-20-17-14-11-8-2/h20,23,26,29,56,59,65-66H,7-19,21-22,24-25,27-28,30-55,57-58,60-64H2,1-6H3,(H-,69,71,73,74)/b23-20+,29-26+,59-56-. The SMILES string of the molecule is CCCCC/C=C/C=C/CCCCCCCCC(=O)NC(COP(=O)([O-])OCC[N+](C)(C)C)C(/C=C\CCCCCCCCCCCC)OC(=O)CCCCCCCCCCCCCCCCCCCCCCCCCCC. The number of unbranched alkanes of at least 4 members (excludes halogenated alkanes) is 43. The molecule has 1 amide bonds. The van der Waals surface area contributed by atoms with Crippen molar-refractivity contribution >= 4 is 19.7 Å². The number of likely N-dealkylation sites (N-methyl/N-ethyl adjacent to an activating group) is 1. The van der Waals surface area contributed by atoms with Gasteiger partial charge in [0.05, 0.1) is 33.8 Å². The van der Waals surface area contributed by atoms with Gasteiger partial charge in [-0.2, -0.15) is 0 Å². The van der Waals surface area contributed by atoms with E-state index in [4.69, 9.17) is 13.8 Å². The van der Waals surface area contributed by atoms with Gasteiger partial charge in [-0.15, -0.1) is 0 Å². The van der Waals surface area contributed by atoms with Crippen molar-refractivity contribution in [2.24, 2.45) is 0 Å². The molecule has 0 aromatic heterocycles. The molecule has 3 unspecified atom stereocenters. The Labute approximate surface area is 485 Å². The number of phosphoric ester groups is 1. The zero-order valence-corrected chi connectivity index (χ0v) is 53.5. The van der Waals surface area contributed by atoms with E-state index in [1.165, 1.54) is 218 Å². The van der Waals surface area contributed by atoms with Crippen molar-refractivity contribution in [2.45, 2.75) is 348 Å². The molecule has 0 bridgehead atoms. The van der Waals surface area contributed by atoms with Crippen LogP contribution < -0.4 is 10.2 Å². The van der Waals surface area contributed by atoms with Crippen molar-refractivity contribution in [3.8, 4) is 0 Å². The Bertz CT molecular complexity index is 1430. The normalized spacial score (nSPS) is 13.8. The second-order valence-electron chi connectivity index (χ2n) is 24.4. The number of hydrogen-bond acceptors (Lipinski definition) is 7. The number of esters is 1. The maximum atomic E-state index is 13.5. The molecule has 9 nitrogen and oxygen atoms in total. The summed E-state index contributed by atoms with van der Waals surface area (Å²) in [6.07, 6.45) is 71.3. The van der Waals surface area contributed by atoms with E-state index in [1.54, 1.807) is 0 Å². The fourth-order valence-corrected chi connectivity index (χ4v) is 10.8. The first-order chi connectivity index (χ1) is 37.9. The van der Waals surface area contributed by atoms with E-state index in [9.17, 15) is 19.0 Å². The van der Waals surface area contributed by atoms with Gasteiger partial charge in [-0.05, 0) is 57.4 Å². The van der Waals surface area contributed by atoms with E-state index >= 15 is 0 Å². The number of carbonyl (C=O) groups excluding carboxylic acids is 2. The first kappa shape index (κ1) is 76.2. The number of allylic oxidation sites excluding steroid dienone is 5. The number of nitrogens with zero attached hydrogens (tertiary/aromatic N) is 1. The Kier molecular flexibility index (Phi) is 57.1. The highest BCUT2D eigenvalue weighted by Crippen LogP contribution is 2.38. The summed E-state index contributed by atoms with van der Waals surface area (Å²) in [7, 11) is 1.19. The molecular formula is C68H131N2O7P. The van der Waals surface area contributed by atoms with Gasteiger partial charge in [0.25, 0.3) is 7.82 Å². The van der Waals surface area contributed by atoms with E-state index in [0.29, 0.717) is 17.4 Å². The lowest BCUT2D eigenvalue weighted by atomic mass is 10.0. The van der Waals surface area contributed by atoms with E-state index in [-0.39, 0.29) is 31.5 Å².